The van der Waals surface area contributed by atoms with Gasteiger partial charge in [0.1, 0.15) is 0 Å². The molecule has 1 saturated carbocycles. The number of piperidine rings is 1. The van der Waals surface area contributed by atoms with Gasteiger partial charge in [-0.15, -0.1) is 0 Å². The summed E-state index contributed by atoms with van der Waals surface area (Å²) in [5.41, 5.74) is -0.0274. The Morgan fingerprint density at radius 2 is 1.92 bits per heavy atom. The third-order valence-electron chi connectivity index (χ3n) is 6.50. The number of hydrogen-bond acceptors (Lipinski definition) is 4. The minimum atomic E-state index is -0.0274. The summed E-state index contributed by atoms with van der Waals surface area (Å²) < 4.78 is 5.91. The molecule has 1 atom stereocenters. The largest absolute Gasteiger partial charge is 0.379 e. The lowest BCUT2D eigenvalue weighted by molar-refractivity contribution is -0.142. The van der Waals surface area contributed by atoms with Crippen LogP contribution in [0, 0.1) is 17.3 Å². The monoisotopic (exact) mass is 365 g/mol. The predicted molar refractivity (Wildman–Crippen MR) is 101 cm³/mol. The van der Waals surface area contributed by atoms with Crippen molar-refractivity contribution in [1.29, 1.82) is 0 Å². The Morgan fingerprint density at radius 1 is 1.15 bits per heavy atom. The van der Waals surface area contributed by atoms with E-state index in [0.717, 1.165) is 57.8 Å². The molecule has 0 radical (unpaired) electrons. The first-order valence-corrected chi connectivity index (χ1v) is 10.3. The zero-order valence-electron chi connectivity index (χ0n) is 16.5. The average molecular weight is 366 g/mol. The van der Waals surface area contributed by atoms with Gasteiger partial charge in [0.2, 0.25) is 11.8 Å². The molecule has 3 rings (SSSR count). The van der Waals surface area contributed by atoms with Crippen molar-refractivity contribution in [2.24, 2.45) is 17.3 Å². The fourth-order valence-electron chi connectivity index (χ4n) is 4.91. The van der Waals surface area contributed by atoms with E-state index in [1.807, 2.05) is 0 Å². The minimum absolute atomic E-state index is 0.0274. The van der Waals surface area contributed by atoms with Crippen molar-refractivity contribution in [1.82, 2.24) is 15.1 Å². The van der Waals surface area contributed by atoms with E-state index in [9.17, 15) is 9.59 Å². The zero-order chi connectivity index (χ0) is 18.6. The summed E-state index contributed by atoms with van der Waals surface area (Å²) in [5.74, 6) is 1.38. The number of likely N-dealkylation sites (N-methyl/N-ethyl adjacent to an activating group) is 1. The van der Waals surface area contributed by atoms with E-state index in [-0.39, 0.29) is 17.2 Å². The maximum atomic E-state index is 13.1. The molecule has 3 fully saturated rings. The molecule has 26 heavy (non-hydrogen) atoms. The summed E-state index contributed by atoms with van der Waals surface area (Å²) in [6.45, 7) is 7.34. The Bertz CT molecular complexity index is 505. The second kappa shape index (κ2) is 8.70. The first-order chi connectivity index (χ1) is 12.5. The molecule has 1 aliphatic carbocycles. The molecule has 3 aliphatic rings. The second-order valence-electron chi connectivity index (χ2n) is 8.76. The highest BCUT2D eigenvalue weighted by Gasteiger charge is 2.41. The maximum absolute atomic E-state index is 13.1. The normalized spacial score (nSPS) is 33.7. The van der Waals surface area contributed by atoms with E-state index in [4.69, 9.17) is 4.74 Å². The van der Waals surface area contributed by atoms with Gasteiger partial charge in [0, 0.05) is 44.6 Å². The lowest BCUT2D eigenvalue weighted by Gasteiger charge is -2.44. The van der Waals surface area contributed by atoms with Crippen LogP contribution in [-0.4, -0.2) is 74.6 Å². The number of likely N-dealkylation sites (tertiary alicyclic amines) is 1. The van der Waals surface area contributed by atoms with Crippen molar-refractivity contribution in [3.8, 4) is 0 Å². The van der Waals surface area contributed by atoms with Crippen LogP contribution in [0.15, 0.2) is 0 Å². The van der Waals surface area contributed by atoms with Crippen LogP contribution in [0.4, 0.5) is 0 Å². The number of nitrogens with zero attached hydrogens (tertiary/aromatic N) is 2. The molecule has 2 amide bonds. The van der Waals surface area contributed by atoms with Crippen molar-refractivity contribution >= 4 is 11.8 Å². The molecular weight excluding hydrogens is 330 g/mol. The number of carbonyl (C=O) groups is 2. The molecule has 0 bridgehead atoms. The standard InChI is InChI=1S/C20H35N3O3/c1-16-4-6-17(7-5-16)19(25)23-9-3-8-20(14-23)13-22(10-11-26-15-20)12-18(24)21-2/h16-17H,3-15H2,1-2H3,(H,21,24). The lowest BCUT2D eigenvalue weighted by Crippen LogP contribution is -2.54. The number of ether oxygens (including phenoxy) is 1. The Hall–Kier alpha value is -1.14. The minimum Gasteiger partial charge on any atom is -0.379 e. The van der Waals surface area contributed by atoms with E-state index >= 15 is 0 Å². The van der Waals surface area contributed by atoms with Crippen LogP contribution in [0.3, 0.4) is 0 Å². The second-order valence-corrected chi connectivity index (χ2v) is 8.76. The van der Waals surface area contributed by atoms with Gasteiger partial charge in [0.05, 0.1) is 19.8 Å². The van der Waals surface area contributed by atoms with Gasteiger partial charge in [0.25, 0.3) is 0 Å². The van der Waals surface area contributed by atoms with Crippen LogP contribution in [0.2, 0.25) is 0 Å². The van der Waals surface area contributed by atoms with Crippen molar-refractivity contribution in [2.45, 2.75) is 45.4 Å². The Kier molecular flexibility index (Phi) is 6.56. The Balaban J connectivity index is 1.63. The third-order valence-corrected chi connectivity index (χ3v) is 6.50. The SMILES string of the molecule is CNC(=O)CN1CCOCC2(CCCN(C(=O)C3CCC(C)CC3)C2)C1. The molecule has 6 nitrogen and oxygen atoms in total. The highest BCUT2D eigenvalue weighted by molar-refractivity contribution is 5.79. The molecular formula is C20H35N3O3. The highest BCUT2D eigenvalue weighted by Crippen LogP contribution is 2.36. The molecule has 0 aromatic carbocycles. The molecule has 6 heteroatoms. The van der Waals surface area contributed by atoms with Gasteiger partial charge < -0.3 is 15.0 Å². The average Bonchev–Trinajstić information content (AvgIpc) is 2.83. The van der Waals surface area contributed by atoms with Crippen LogP contribution in [0.1, 0.15) is 45.4 Å². The lowest BCUT2D eigenvalue weighted by atomic mass is 9.78. The zero-order valence-corrected chi connectivity index (χ0v) is 16.5. The topological polar surface area (TPSA) is 61.9 Å². The van der Waals surface area contributed by atoms with Crippen LogP contribution < -0.4 is 5.32 Å². The van der Waals surface area contributed by atoms with Gasteiger partial charge in [-0.05, 0) is 44.4 Å². The molecule has 0 aromatic rings. The number of nitrogens with one attached hydrogen (secondary N) is 1. The number of carbonyl (C=O) groups excluding carboxylic acids is 2. The first-order valence-electron chi connectivity index (χ1n) is 10.3. The first kappa shape index (κ1) is 19.6. The Labute approximate surface area is 157 Å². The van der Waals surface area contributed by atoms with E-state index in [1.165, 1.54) is 12.8 Å². The Morgan fingerprint density at radius 3 is 2.65 bits per heavy atom. The number of rotatable bonds is 3. The summed E-state index contributed by atoms with van der Waals surface area (Å²) in [7, 11) is 1.68. The van der Waals surface area contributed by atoms with Crippen LogP contribution in [0.5, 0.6) is 0 Å². The fraction of sp³-hybridized carbons (Fsp3) is 0.900. The van der Waals surface area contributed by atoms with Crippen molar-refractivity contribution in [2.75, 3.05) is 53.0 Å². The van der Waals surface area contributed by atoms with Crippen molar-refractivity contribution in [3.63, 3.8) is 0 Å². The number of hydrogen-bond donors (Lipinski definition) is 1. The van der Waals surface area contributed by atoms with Crippen LogP contribution >= 0.6 is 0 Å². The molecule has 0 aromatic heterocycles. The summed E-state index contributed by atoms with van der Waals surface area (Å²) in [5, 5.41) is 2.71. The maximum Gasteiger partial charge on any atom is 0.233 e. The van der Waals surface area contributed by atoms with E-state index in [1.54, 1.807) is 7.05 Å². The van der Waals surface area contributed by atoms with E-state index in [2.05, 4.69) is 22.0 Å². The summed E-state index contributed by atoms with van der Waals surface area (Å²) in [6, 6.07) is 0. The van der Waals surface area contributed by atoms with Gasteiger partial charge in [-0.2, -0.15) is 0 Å². The van der Waals surface area contributed by atoms with Crippen LogP contribution in [0.25, 0.3) is 0 Å². The summed E-state index contributed by atoms with van der Waals surface area (Å²) >= 11 is 0. The quantitative estimate of drug-likeness (QED) is 0.823. The number of amides is 2. The van der Waals surface area contributed by atoms with Crippen molar-refractivity contribution < 1.29 is 14.3 Å². The highest BCUT2D eigenvalue weighted by atomic mass is 16.5. The van der Waals surface area contributed by atoms with Gasteiger partial charge in [-0.3, -0.25) is 14.5 Å². The molecule has 148 valence electrons. The van der Waals surface area contributed by atoms with Gasteiger partial charge in [-0.25, -0.2) is 0 Å². The molecule has 1 spiro atoms. The molecule has 2 heterocycles. The molecule has 1 unspecified atom stereocenters. The fourth-order valence-corrected chi connectivity index (χ4v) is 4.91. The van der Waals surface area contributed by atoms with E-state index < -0.39 is 0 Å². The third kappa shape index (κ3) is 4.77. The van der Waals surface area contributed by atoms with Crippen LogP contribution in [-0.2, 0) is 14.3 Å². The van der Waals surface area contributed by atoms with E-state index in [0.29, 0.717) is 25.7 Å². The molecule has 1 N–H and O–H groups in total. The van der Waals surface area contributed by atoms with Crippen molar-refractivity contribution in [3.05, 3.63) is 0 Å². The van der Waals surface area contributed by atoms with Gasteiger partial charge in [0.15, 0.2) is 0 Å². The summed E-state index contributed by atoms with van der Waals surface area (Å²) in [4.78, 5) is 29.2. The molecule has 2 aliphatic heterocycles. The predicted octanol–water partition coefficient (Wildman–Crippen LogP) is 1.50. The summed E-state index contributed by atoms with van der Waals surface area (Å²) in [6.07, 6.45) is 6.55. The smallest absolute Gasteiger partial charge is 0.233 e. The van der Waals surface area contributed by atoms with Gasteiger partial charge in [-0.1, -0.05) is 6.92 Å². The van der Waals surface area contributed by atoms with Gasteiger partial charge >= 0.3 is 0 Å². The molecule has 2 saturated heterocycles.